The van der Waals surface area contributed by atoms with Crippen LogP contribution in [0.25, 0.3) is 10.2 Å². The molecule has 0 N–H and O–H groups in total. The van der Waals surface area contributed by atoms with E-state index in [1.807, 2.05) is 42.5 Å². The summed E-state index contributed by atoms with van der Waals surface area (Å²) in [5, 5.41) is 0.693. The Morgan fingerprint density at radius 3 is 2.96 bits per heavy atom. The van der Waals surface area contributed by atoms with Crippen molar-refractivity contribution in [1.82, 2.24) is 4.98 Å². The highest BCUT2D eigenvalue weighted by molar-refractivity contribution is 14.1. The van der Waals surface area contributed by atoms with E-state index in [0.29, 0.717) is 17.2 Å². The zero-order valence-corrected chi connectivity index (χ0v) is 17.8. The van der Waals surface area contributed by atoms with Gasteiger partial charge in [-0.25, -0.2) is 4.98 Å². The largest absolute Gasteiger partial charge is 0.497 e. The second-order valence-electron chi connectivity index (χ2n) is 6.36. The number of hydrogen-bond acceptors (Lipinski definition) is 5. The number of ether oxygens (including phenoxy) is 2. The van der Waals surface area contributed by atoms with Crippen LogP contribution in [-0.2, 0) is 4.74 Å². The average Bonchev–Trinajstić information content (AvgIpc) is 3.34. The van der Waals surface area contributed by atoms with E-state index in [9.17, 15) is 4.79 Å². The fraction of sp³-hybridized carbons (Fsp3) is 0.300. The first kappa shape index (κ1) is 18.6. The summed E-state index contributed by atoms with van der Waals surface area (Å²) in [5.41, 5.74) is 1.55. The molecule has 0 aliphatic carbocycles. The zero-order valence-electron chi connectivity index (χ0n) is 14.9. The van der Waals surface area contributed by atoms with Gasteiger partial charge in [0.05, 0.1) is 35.5 Å². The van der Waals surface area contributed by atoms with Gasteiger partial charge in [0.15, 0.2) is 5.13 Å². The highest BCUT2D eigenvalue weighted by Gasteiger charge is 2.28. The Balaban J connectivity index is 1.73. The van der Waals surface area contributed by atoms with Crippen LogP contribution in [0, 0.1) is 3.57 Å². The molecule has 0 spiro atoms. The molecule has 1 amide bonds. The molecule has 0 bridgehead atoms. The van der Waals surface area contributed by atoms with Gasteiger partial charge in [-0.15, -0.1) is 0 Å². The number of carbonyl (C=O) groups excluding carboxylic acids is 1. The maximum atomic E-state index is 13.4. The maximum absolute atomic E-state index is 13.4. The van der Waals surface area contributed by atoms with Gasteiger partial charge in [-0.1, -0.05) is 23.5 Å². The smallest absolute Gasteiger partial charge is 0.261 e. The molecule has 1 aromatic heterocycles. The molecule has 1 saturated heterocycles. The lowest BCUT2D eigenvalue weighted by Crippen LogP contribution is -2.37. The van der Waals surface area contributed by atoms with Crippen LogP contribution in [0.2, 0.25) is 0 Å². The van der Waals surface area contributed by atoms with Gasteiger partial charge in [-0.05, 0) is 65.8 Å². The number of halogens is 1. The van der Waals surface area contributed by atoms with Crippen LogP contribution >= 0.6 is 33.9 Å². The van der Waals surface area contributed by atoms with E-state index >= 15 is 0 Å². The SMILES string of the molecule is COc1ccc2nc(N(CC3CCCO3)C(=O)c3ccccc3I)sc2c1. The summed E-state index contributed by atoms with van der Waals surface area (Å²) in [7, 11) is 1.65. The van der Waals surface area contributed by atoms with Crippen LogP contribution in [0.15, 0.2) is 42.5 Å². The molecule has 27 heavy (non-hydrogen) atoms. The molecule has 1 aliphatic heterocycles. The van der Waals surface area contributed by atoms with Crippen molar-refractivity contribution in [3.05, 3.63) is 51.6 Å². The third kappa shape index (κ3) is 3.95. The first-order valence-electron chi connectivity index (χ1n) is 8.78. The Morgan fingerprint density at radius 1 is 1.37 bits per heavy atom. The predicted octanol–water partition coefficient (Wildman–Crippen LogP) is 4.74. The summed E-state index contributed by atoms with van der Waals surface area (Å²) in [5.74, 6) is 0.744. The van der Waals surface area contributed by atoms with Gasteiger partial charge in [-0.3, -0.25) is 9.69 Å². The second-order valence-corrected chi connectivity index (χ2v) is 8.53. The highest BCUT2D eigenvalue weighted by Crippen LogP contribution is 2.33. The lowest BCUT2D eigenvalue weighted by molar-refractivity contribution is 0.0916. The predicted molar refractivity (Wildman–Crippen MR) is 116 cm³/mol. The van der Waals surface area contributed by atoms with Crippen molar-refractivity contribution in [2.24, 2.45) is 0 Å². The summed E-state index contributed by atoms with van der Waals surface area (Å²) in [6.07, 6.45) is 2.05. The van der Waals surface area contributed by atoms with E-state index in [2.05, 4.69) is 22.6 Å². The van der Waals surface area contributed by atoms with E-state index < -0.39 is 0 Å². The van der Waals surface area contributed by atoms with Gasteiger partial charge in [-0.2, -0.15) is 0 Å². The number of methoxy groups -OCH3 is 1. The molecule has 3 aromatic rings. The van der Waals surface area contributed by atoms with Crippen molar-refractivity contribution >= 4 is 55.2 Å². The maximum Gasteiger partial charge on any atom is 0.261 e. The lowest BCUT2D eigenvalue weighted by Gasteiger charge is -2.23. The van der Waals surface area contributed by atoms with Gasteiger partial charge in [0, 0.05) is 10.2 Å². The third-order valence-corrected chi connectivity index (χ3v) is 6.56. The molecule has 0 radical (unpaired) electrons. The number of hydrogen-bond donors (Lipinski definition) is 0. The zero-order chi connectivity index (χ0) is 18.8. The van der Waals surface area contributed by atoms with E-state index in [4.69, 9.17) is 14.5 Å². The highest BCUT2D eigenvalue weighted by atomic mass is 127. The van der Waals surface area contributed by atoms with Crippen molar-refractivity contribution in [3.63, 3.8) is 0 Å². The molecular weight excluding hydrogens is 475 g/mol. The molecule has 0 saturated carbocycles. The number of amides is 1. The third-order valence-electron chi connectivity index (χ3n) is 4.57. The van der Waals surface area contributed by atoms with Gasteiger partial charge >= 0.3 is 0 Å². The number of thiazole rings is 1. The van der Waals surface area contributed by atoms with Crippen LogP contribution in [0.1, 0.15) is 23.2 Å². The minimum absolute atomic E-state index is 0.0403. The molecule has 140 valence electrons. The van der Waals surface area contributed by atoms with Crippen molar-refractivity contribution in [2.75, 3.05) is 25.2 Å². The molecule has 2 heterocycles. The van der Waals surface area contributed by atoms with Crippen LogP contribution in [0.3, 0.4) is 0 Å². The Labute approximate surface area is 175 Å². The van der Waals surface area contributed by atoms with E-state index in [1.165, 1.54) is 11.3 Å². The number of benzene rings is 2. The number of anilines is 1. The minimum Gasteiger partial charge on any atom is -0.497 e. The van der Waals surface area contributed by atoms with Crippen LogP contribution in [0.4, 0.5) is 5.13 Å². The first-order chi connectivity index (χ1) is 13.2. The van der Waals surface area contributed by atoms with Crippen LogP contribution in [0.5, 0.6) is 5.75 Å². The second kappa shape index (κ2) is 8.12. The standard InChI is InChI=1S/C20H19IN2O3S/c1-25-13-8-9-17-18(11-13)27-20(22-17)23(12-14-5-4-10-26-14)19(24)15-6-2-3-7-16(15)21/h2-3,6-9,11,14H,4-5,10,12H2,1H3. The lowest BCUT2D eigenvalue weighted by atomic mass is 10.2. The van der Waals surface area contributed by atoms with Crippen LogP contribution < -0.4 is 9.64 Å². The Bertz CT molecular complexity index is 969. The molecule has 7 heteroatoms. The molecule has 4 rings (SSSR count). The van der Waals surface area contributed by atoms with Crippen molar-refractivity contribution in [1.29, 1.82) is 0 Å². The van der Waals surface area contributed by atoms with E-state index in [1.54, 1.807) is 12.0 Å². The van der Waals surface area contributed by atoms with Gasteiger partial charge in [0.2, 0.25) is 0 Å². The quantitative estimate of drug-likeness (QED) is 0.482. The van der Waals surface area contributed by atoms with Gasteiger partial charge in [0.1, 0.15) is 5.75 Å². The first-order valence-corrected chi connectivity index (χ1v) is 10.7. The number of nitrogens with zero attached hydrogens (tertiary/aromatic N) is 2. The molecule has 1 aliphatic rings. The number of rotatable bonds is 5. The molecule has 1 fully saturated rings. The number of fused-ring (bicyclic) bond motifs is 1. The molecule has 5 nitrogen and oxygen atoms in total. The fourth-order valence-electron chi connectivity index (χ4n) is 3.16. The summed E-state index contributed by atoms with van der Waals surface area (Å²) < 4.78 is 13.0. The van der Waals surface area contributed by atoms with Crippen LogP contribution in [-0.4, -0.2) is 37.3 Å². The van der Waals surface area contributed by atoms with Crippen molar-refractivity contribution < 1.29 is 14.3 Å². The number of aromatic nitrogens is 1. The molecular formula is C20H19IN2O3S. The average molecular weight is 494 g/mol. The summed E-state index contributed by atoms with van der Waals surface area (Å²) in [4.78, 5) is 19.8. The van der Waals surface area contributed by atoms with Crippen molar-refractivity contribution in [2.45, 2.75) is 18.9 Å². The van der Waals surface area contributed by atoms with Gasteiger partial charge in [0.25, 0.3) is 5.91 Å². The molecule has 1 unspecified atom stereocenters. The summed E-state index contributed by atoms with van der Waals surface area (Å²) in [6, 6.07) is 13.4. The van der Waals surface area contributed by atoms with Crippen molar-refractivity contribution in [3.8, 4) is 5.75 Å². The normalized spacial score (nSPS) is 16.6. The Morgan fingerprint density at radius 2 is 2.22 bits per heavy atom. The number of carbonyl (C=O) groups is 1. The summed E-state index contributed by atoms with van der Waals surface area (Å²) in [6.45, 7) is 1.27. The Kier molecular flexibility index (Phi) is 5.60. The Hall–Kier alpha value is -1.71. The summed E-state index contributed by atoms with van der Waals surface area (Å²) >= 11 is 3.71. The fourth-order valence-corrected chi connectivity index (χ4v) is 4.77. The van der Waals surface area contributed by atoms with E-state index in [0.717, 1.165) is 39.0 Å². The molecule has 2 aromatic carbocycles. The van der Waals surface area contributed by atoms with Gasteiger partial charge < -0.3 is 9.47 Å². The monoisotopic (exact) mass is 494 g/mol. The minimum atomic E-state index is -0.0403. The molecule has 1 atom stereocenters. The van der Waals surface area contributed by atoms with E-state index in [-0.39, 0.29) is 12.0 Å². The topological polar surface area (TPSA) is 51.7 Å².